The average molecular weight is 198 g/mol. The minimum absolute atomic E-state index is 0.349. The smallest absolute Gasteiger partial charge is 0.165 e. The van der Waals surface area contributed by atoms with Crippen molar-refractivity contribution in [1.82, 2.24) is 0 Å². The Bertz CT molecular complexity index is 301. The predicted octanol–water partition coefficient (Wildman–Crippen LogP) is 2.99. The third-order valence-electron chi connectivity index (χ3n) is 2.15. The van der Waals surface area contributed by atoms with Gasteiger partial charge in [-0.2, -0.15) is 0 Å². The first kappa shape index (κ1) is 8.32. The molecule has 1 heterocycles. The Balaban J connectivity index is 2.50. The van der Waals surface area contributed by atoms with Gasteiger partial charge in [0, 0.05) is 12.0 Å². The lowest BCUT2D eigenvalue weighted by atomic mass is 9.95. The van der Waals surface area contributed by atoms with Crippen LogP contribution in [0.15, 0.2) is 9.59 Å². The summed E-state index contributed by atoms with van der Waals surface area (Å²) in [6.07, 6.45) is 4.92. The Morgan fingerprint density at radius 1 is 1.50 bits per heavy atom. The fourth-order valence-corrected chi connectivity index (χ4v) is 3.39. The molecule has 12 heavy (non-hydrogen) atoms. The van der Waals surface area contributed by atoms with Gasteiger partial charge in [-0.3, -0.25) is 4.79 Å². The maximum absolute atomic E-state index is 11.5. The van der Waals surface area contributed by atoms with E-state index in [-0.39, 0.29) is 0 Å². The van der Waals surface area contributed by atoms with Gasteiger partial charge >= 0.3 is 0 Å². The highest BCUT2D eigenvalue weighted by Gasteiger charge is 2.21. The van der Waals surface area contributed by atoms with E-state index in [1.807, 2.05) is 6.26 Å². The first-order valence-corrected chi connectivity index (χ1v) is 6.11. The van der Waals surface area contributed by atoms with Gasteiger partial charge in [0.25, 0.3) is 0 Å². The molecule has 0 N–H and O–H groups in total. The van der Waals surface area contributed by atoms with Crippen LogP contribution in [0.25, 0.3) is 0 Å². The van der Waals surface area contributed by atoms with Crippen molar-refractivity contribution in [2.75, 3.05) is 6.26 Å². The molecule has 0 saturated carbocycles. The van der Waals surface area contributed by atoms with Crippen LogP contribution in [0.2, 0.25) is 0 Å². The molecule has 0 spiro atoms. The third kappa shape index (κ3) is 1.21. The molecule has 0 bridgehead atoms. The molecule has 64 valence electrons. The Labute approximate surface area is 80.2 Å². The van der Waals surface area contributed by atoms with E-state index in [1.54, 1.807) is 23.1 Å². The van der Waals surface area contributed by atoms with Gasteiger partial charge in [-0.1, -0.05) is 0 Å². The van der Waals surface area contributed by atoms with Gasteiger partial charge < -0.3 is 0 Å². The van der Waals surface area contributed by atoms with E-state index in [0.29, 0.717) is 5.78 Å². The lowest BCUT2D eigenvalue weighted by Crippen LogP contribution is -2.08. The van der Waals surface area contributed by atoms with Crippen LogP contribution in [0.5, 0.6) is 0 Å². The molecule has 0 saturated heterocycles. The maximum Gasteiger partial charge on any atom is 0.165 e. The molecule has 0 aromatic carbocycles. The second-order valence-electron chi connectivity index (χ2n) is 2.90. The number of fused-ring (bicyclic) bond motifs is 1. The summed E-state index contributed by atoms with van der Waals surface area (Å²) < 4.78 is 1.20. The Kier molecular flexibility index (Phi) is 2.24. The Morgan fingerprint density at radius 2 is 2.33 bits per heavy atom. The summed E-state index contributed by atoms with van der Waals surface area (Å²) in [5.74, 6) is 0.349. The number of thioether (sulfide) groups is 1. The van der Waals surface area contributed by atoms with Crippen LogP contribution in [0.1, 0.15) is 28.8 Å². The third-order valence-corrected chi connectivity index (χ3v) is 4.33. The fraction of sp³-hybridized carbons (Fsp3) is 0.444. The molecule has 0 radical (unpaired) electrons. The monoisotopic (exact) mass is 198 g/mol. The summed E-state index contributed by atoms with van der Waals surface area (Å²) in [5, 5.41) is 2.14. The zero-order valence-corrected chi connectivity index (χ0v) is 8.56. The normalized spacial score (nSPS) is 16.2. The van der Waals surface area contributed by atoms with Crippen molar-refractivity contribution in [3.8, 4) is 0 Å². The Morgan fingerprint density at radius 3 is 3.08 bits per heavy atom. The van der Waals surface area contributed by atoms with Crippen LogP contribution < -0.4 is 0 Å². The number of hydrogen-bond donors (Lipinski definition) is 0. The molecule has 1 nitrogen and oxygen atoms in total. The van der Waals surface area contributed by atoms with Crippen molar-refractivity contribution >= 4 is 28.9 Å². The first-order valence-electron chi connectivity index (χ1n) is 4.00. The quantitative estimate of drug-likeness (QED) is 0.645. The molecule has 1 aromatic rings. The van der Waals surface area contributed by atoms with Crippen molar-refractivity contribution in [2.24, 2.45) is 0 Å². The Hall–Kier alpha value is -0.280. The van der Waals surface area contributed by atoms with Gasteiger partial charge in [-0.05, 0) is 30.0 Å². The van der Waals surface area contributed by atoms with E-state index < -0.39 is 0 Å². The summed E-state index contributed by atoms with van der Waals surface area (Å²) in [6.45, 7) is 0. The highest BCUT2D eigenvalue weighted by molar-refractivity contribution is 8.00. The lowest BCUT2D eigenvalue weighted by Gasteiger charge is -2.10. The molecule has 1 aliphatic rings. The van der Waals surface area contributed by atoms with Crippen LogP contribution in [0.3, 0.4) is 0 Å². The maximum atomic E-state index is 11.5. The molecular weight excluding hydrogens is 188 g/mol. The van der Waals surface area contributed by atoms with Crippen LogP contribution in [0.4, 0.5) is 0 Å². The van der Waals surface area contributed by atoms with E-state index in [1.165, 1.54) is 9.77 Å². The highest BCUT2D eigenvalue weighted by Crippen LogP contribution is 2.35. The molecule has 0 unspecified atom stereocenters. The van der Waals surface area contributed by atoms with Crippen molar-refractivity contribution in [3.63, 3.8) is 0 Å². The van der Waals surface area contributed by atoms with E-state index in [0.717, 1.165) is 24.8 Å². The second kappa shape index (κ2) is 3.23. The average Bonchev–Trinajstić information content (AvgIpc) is 2.49. The molecule has 0 atom stereocenters. The number of ketones is 1. The first-order chi connectivity index (χ1) is 5.83. The van der Waals surface area contributed by atoms with Crippen LogP contribution in [-0.2, 0) is 6.42 Å². The molecule has 3 heteroatoms. The summed E-state index contributed by atoms with van der Waals surface area (Å²) in [6, 6.07) is 0. The number of carbonyl (C=O) groups is 1. The summed E-state index contributed by atoms with van der Waals surface area (Å²) in [5.41, 5.74) is 2.30. The van der Waals surface area contributed by atoms with E-state index >= 15 is 0 Å². The number of hydrogen-bond acceptors (Lipinski definition) is 3. The minimum atomic E-state index is 0.349. The standard InChI is InChI=1S/C9H10OS2/c1-11-9-8-6(5-12-9)3-2-4-7(8)10/h5H,2-4H2,1H3. The minimum Gasteiger partial charge on any atom is -0.294 e. The number of thiophene rings is 1. The molecule has 0 aliphatic heterocycles. The van der Waals surface area contributed by atoms with Crippen LogP contribution in [0, 0.1) is 0 Å². The van der Waals surface area contributed by atoms with Gasteiger partial charge in [-0.15, -0.1) is 23.1 Å². The lowest BCUT2D eigenvalue weighted by molar-refractivity contribution is 0.0970. The molecule has 1 aromatic heterocycles. The van der Waals surface area contributed by atoms with Crippen LogP contribution >= 0.6 is 23.1 Å². The highest BCUT2D eigenvalue weighted by atomic mass is 32.2. The number of rotatable bonds is 1. The predicted molar refractivity (Wildman–Crippen MR) is 53.4 cm³/mol. The van der Waals surface area contributed by atoms with Crippen molar-refractivity contribution < 1.29 is 4.79 Å². The van der Waals surface area contributed by atoms with Crippen LogP contribution in [-0.4, -0.2) is 12.0 Å². The molecular formula is C9H10OS2. The van der Waals surface area contributed by atoms with Gasteiger partial charge in [0.05, 0.1) is 4.21 Å². The van der Waals surface area contributed by atoms with E-state index in [9.17, 15) is 4.79 Å². The largest absolute Gasteiger partial charge is 0.294 e. The van der Waals surface area contributed by atoms with Gasteiger partial charge in [0.1, 0.15) is 0 Å². The summed E-state index contributed by atoms with van der Waals surface area (Å²) in [7, 11) is 0. The van der Waals surface area contributed by atoms with E-state index in [4.69, 9.17) is 0 Å². The zero-order valence-electron chi connectivity index (χ0n) is 6.92. The summed E-state index contributed by atoms with van der Waals surface area (Å²) >= 11 is 3.40. The zero-order chi connectivity index (χ0) is 8.55. The number of carbonyl (C=O) groups excluding carboxylic acids is 1. The topological polar surface area (TPSA) is 17.1 Å². The van der Waals surface area contributed by atoms with Crippen molar-refractivity contribution in [3.05, 3.63) is 16.5 Å². The van der Waals surface area contributed by atoms with E-state index in [2.05, 4.69) is 5.38 Å². The second-order valence-corrected chi connectivity index (χ2v) is 4.86. The summed E-state index contributed by atoms with van der Waals surface area (Å²) in [4.78, 5) is 11.5. The van der Waals surface area contributed by atoms with Crippen molar-refractivity contribution in [1.29, 1.82) is 0 Å². The number of Topliss-reactive ketones (excluding diaryl/α,β-unsaturated/α-hetero) is 1. The number of aryl methyl sites for hydroxylation is 1. The fourth-order valence-electron chi connectivity index (χ4n) is 1.57. The van der Waals surface area contributed by atoms with Gasteiger partial charge in [0.2, 0.25) is 0 Å². The molecule has 0 fully saturated rings. The molecule has 1 aliphatic carbocycles. The molecule has 2 rings (SSSR count). The van der Waals surface area contributed by atoms with Crippen molar-refractivity contribution in [2.45, 2.75) is 23.5 Å². The SMILES string of the molecule is CSc1scc2c1C(=O)CCC2. The molecule has 0 amide bonds. The van der Waals surface area contributed by atoms with Gasteiger partial charge in [0.15, 0.2) is 5.78 Å². The van der Waals surface area contributed by atoms with Gasteiger partial charge in [-0.25, -0.2) is 0 Å².